The zero-order chi connectivity index (χ0) is 11.4. The fraction of sp³-hybridized carbons (Fsp3) is 1.00. The first-order valence-electron chi connectivity index (χ1n) is 6.84. The van der Waals surface area contributed by atoms with Gasteiger partial charge in [-0.1, -0.05) is 19.8 Å². The lowest BCUT2D eigenvalue weighted by molar-refractivity contribution is 0.0720. The van der Waals surface area contributed by atoms with E-state index in [1.54, 1.807) is 0 Å². The van der Waals surface area contributed by atoms with Crippen molar-refractivity contribution in [2.75, 3.05) is 13.2 Å². The second-order valence-electron chi connectivity index (χ2n) is 5.23. The van der Waals surface area contributed by atoms with Gasteiger partial charge in [-0.05, 0) is 31.6 Å². The maximum Gasteiger partial charge on any atom is 0.0693 e. The van der Waals surface area contributed by atoms with E-state index in [2.05, 4.69) is 12.2 Å². The minimum absolute atomic E-state index is 0.129. The minimum Gasteiger partial charge on any atom is -0.392 e. The molecule has 2 aliphatic rings. The highest BCUT2D eigenvalue weighted by molar-refractivity contribution is 4.84. The SMILES string of the molecule is CCC1OCCC1CN[C@H]1CCCC[C@@H]1O. The van der Waals surface area contributed by atoms with E-state index in [0.29, 0.717) is 18.1 Å². The van der Waals surface area contributed by atoms with Crippen LogP contribution in [0.5, 0.6) is 0 Å². The van der Waals surface area contributed by atoms with E-state index in [1.807, 2.05) is 0 Å². The molecular formula is C13H25NO2. The van der Waals surface area contributed by atoms with Crippen molar-refractivity contribution in [1.82, 2.24) is 5.32 Å². The number of nitrogens with one attached hydrogen (secondary N) is 1. The average Bonchev–Trinajstić information content (AvgIpc) is 2.75. The molecule has 1 aliphatic carbocycles. The summed E-state index contributed by atoms with van der Waals surface area (Å²) in [4.78, 5) is 0. The Labute approximate surface area is 98.6 Å². The fourth-order valence-corrected chi connectivity index (χ4v) is 3.03. The van der Waals surface area contributed by atoms with Crippen molar-refractivity contribution in [3.05, 3.63) is 0 Å². The van der Waals surface area contributed by atoms with Crippen molar-refractivity contribution < 1.29 is 9.84 Å². The van der Waals surface area contributed by atoms with Crippen molar-refractivity contribution in [3.63, 3.8) is 0 Å². The summed E-state index contributed by atoms with van der Waals surface area (Å²) in [6.45, 7) is 4.12. The summed E-state index contributed by atoms with van der Waals surface area (Å²) in [6, 6.07) is 0.326. The monoisotopic (exact) mass is 227 g/mol. The van der Waals surface area contributed by atoms with Crippen LogP contribution in [0.25, 0.3) is 0 Å². The predicted molar refractivity (Wildman–Crippen MR) is 64.4 cm³/mol. The number of rotatable bonds is 4. The second kappa shape index (κ2) is 5.99. The Morgan fingerprint density at radius 2 is 2.06 bits per heavy atom. The normalized spacial score (nSPS) is 40.1. The topological polar surface area (TPSA) is 41.5 Å². The van der Waals surface area contributed by atoms with E-state index in [9.17, 15) is 5.11 Å². The molecule has 2 N–H and O–H groups in total. The van der Waals surface area contributed by atoms with E-state index >= 15 is 0 Å². The molecule has 2 fully saturated rings. The van der Waals surface area contributed by atoms with E-state index in [4.69, 9.17) is 4.74 Å². The molecule has 4 atom stereocenters. The first-order chi connectivity index (χ1) is 7.81. The quantitative estimate of drug-likeness (QED) is 0.768. The van der Waals surface area contributed by atoms with Gasteiger partial charge in [0.2, 0.25) is 0 Å². The fourth-order valence-electron chi connectivity index (χ4n) is 3.03. The summed E-state index contributed by atoms with van der Waals surface area (Å²) in [5.41, 5.74) is 0. The molecule has 94 valence electrons. The van der Waals surface area contributed by atoms with Crippen molar-refractivity contribution in [2.45, 2.75) is 63.7 Å². The molecule has 0 radical (unpaired) electrons. The van der Waals surface area contributed by atoms with Crippen molar-refractivity contribution in [1.29, 1.82) is 0 Å². The van der Waals surface area contributed by atoms with Gasteiger partial charge in [0, 0.05) is 19.2 Å². The molecule has 1 aliphatic heterocycles. The molecule has 3 heteroatoms. The van der Waals surface area contributed by atoms with Gasteiger partial charge in [0.15, 0.2) is 0 Å². The van der Waals surface area contributed by atoms with Gasteiger partial charge in [-0.25, -0.2) is 0 Å². The van der Waals surface area contributed by atoms with Crippen LogP contribution in [0, 0.1) is 5.92 Å². The maximum atomic E-state index is 9.87. The Morgan fingerprint density at radius 1 is 1.25 bits per heavy atom. The third-order valence-electron chi connectivity index (χ3n) is 4.12. The maximum absolute atomic E-state index is 9.87. The summed E-state index contributed by atoms with van der Waals surface area (Å²) in [6.07, 6.45) is 7.14. The van der Waals surface area contributed by atoms with Crippen LogP contribution in [0.1, 0.15) is 45.4 Å². The molecule has 1 saturated carbocycles. The summed E-state index contributed by atoms with van der Waals surface area (Å²) < 4.78 is 5.68. The van der Waals surface area contributed by atoms with Crippen LogP contribution >= 0.6 is 0 Å². The van der Waals surface area contributed by atoms with Gasteiger partial charge in [-0.3, -0.25) is 0 Å². The third kappa shape index (κ3) is 2.96. The third-order valence-corrected chi connectivity index (χ3v) is 4.12. The van der Waals surface area contributed by atoms with E-state index < -0.39 is 0 Å². The minimum atomic E-state index is -0.129. The predicted octanol–water partition coefficient (Wildman–Crippen LogP) is 1.69. The Morgan fingerprint density at radius 3 is 2.81 bits per heavy atom. The summed E-state index contributed by atoms with van der Waals surface area (Å²) in [7, 11) is 0. The van der Waals surface area contributed by atoms with Gasteiger partial charge >= 0.3 is 0 Å². The summed E-state index contributed by atoms with van der Waals surface area (Å²) >= 11 is 0. The van der Waals surface area contributed by atoms with Gasteiger partial charge in [0.05, 0.1) is 12.2 Å². The zero-order valence-electron chi connectivity index (χ0n) is 10.3. The van der Waals surface area contributed by atoms with Crippen LogP contribution in [0.4, 0.5) is 0 Å². The van der Waals surface area contributed by atoms with Gasteiger partial charge < -0.3 is 15.2 Å². The molecule has 16 heavy (non-hydrogen) atoms. The number of aliphatic hydroxyl groups is 1. The average molecular weight is 227 g/mol. The first kappa shape index (κ1) is 12.3. The van der Waals surface area contributed by atoms with Gasteiger partial charge in [-0.15, -0.1) is 0 Å². The second-order valence-corrected chi connectivity index (χ2v) is 5.23. The molecule has 0 spiro atoms. The summed E-state index contributed by atoms with van der Waals surface area (Å²) in [5.74, 6) is 0.652. The van der Waals surface area contributed by atoms with Crippen LogP contribution in [0.15, 0.2) is 0 Å². The Bertz CT molecular complexity index is 208. The molecule has 2 unspecified atom stereocenters. The van der Waals surface area contributed by atoms with E-state index in [-0.39, 0.29) is 6.10 Å². The molecule has 0 aromatic carbocycles. The molecular weight excluding hydrogens is 202 g/mol. The van der Waals surface area contributed by atoms with Crippen LogP contribution < -0.4 is 5.32 Å². The highest BCUT2D eigenvalue weighted by Gasteiger charge is 2.29. The lowest BCUT2D eigenvalue weighted by Crippen LogP contribution is -2.44. The Hall–Kier alpha value is -0.120. The molecule has 0 bridgehead atoms. The lowest BCUT2D eigenvalue weighted by atomic mass is 9.91. The Balaban J connectivity index is 1.73. The molecule has 0 aromatic rings. The van der Waals surface area contributed by atoms with Crippen molar-refractivity contribution >= 4 is 0 Å². The standard InChI is InChI=1S/C13H25NO2/c1-2-13-10(7-8-16-13)9-14-11-5-3-4-6-12(11)15/h10-15H,2-9H2,1H3/t10?,11-,12-,13?/m0/s1. The molecule has 0 aromatic heterocycles. The van der Waals surface area contributed by atoms with E-state index in [1.165, 1.54) is 19.3 Å². The zero-order valence-corrected chi connectivity index (χ0v) is 10.3. The number of aliphatic hydroxyl groups excluding tert-OH is 1. The molecule has 1 saturated heterocycles. The number of hydrogen-bond donors (Lipinski definition) is 2. The van der Waals surface area contributed by atoms with Gasteiger partial charge in [0.25, 0.3) is 0 Å². The molecule has 3 nitrogen and oxygen atoms in total. The van der Waals surface area contributed by atoms with Crippen molar-refractivity contribution in [2.24, 2.45) is 5.92 Å². The van der Waals surface area contributed by atoms with Crippen molar-refractivity contribution in [3.8, 4) is 0 Å². The highest BCUT2D eigenvalue weighted by atomic mass is 16.5. The van der Waals surface area contributed by atoms with Gasteiger partial charge in [0.1, 0.15) is 0 Å². The highest BCUT2D eigenvalue weighted by Crippen LogP contribution is 2.24. The number of hydrogen-bond acceptors (Lipinski definition) is 3. The summed E-state index contributed by atoms with van der Waals surface area (Å²) in [5, 5.41) is 13.4. The Kier molecular flexibility index (Phi) is 4.62. The molecule has 2 rings (SSSR count). The first-order valence-corrected chi connectivity index (χ1v) is 6.84. The molecule has 1 heterocycles. The lowest BCUT2D eigenvalue weighted by Gasteiger charge is -2.30. The van der Waals surface area contributed by atoms with E-state index in [0.717, 1.165) is 32.4 Å². The smallest absolute Gasteiger partial charge is 0.0693 e. The number of ether oxygens (including phenoxy) is 1. The van der Waals surface area contributed by atoms with Crippen LogP contribution in [-0.2, 0) is 4.74 Å². The van der Waals surface area contributed by atoms with Crippen LogP contribution in [0.3, 0.4) is 0 Å². The largest absolute Gasteiger partial charge is 0.392 e. The van der Waals surface area contributed by atoms with Gasteiger partial charge in [-0.2, -0.15) is 0 Å². The molecule has 0 amide bonds. The van der Waals surface area contributed by atoms with Crippen LogP contribution in [-0.4, -0.2) is 36.5 Å². The van der Waals surface area contributed by atoms with Crippen LogP contribution in [0.2, 0.25) is 0 Å².